The first-order valence-electron chi connectivity index (χ1n) is 3.91. The van der Waals surface area contributed by atoms with Crippen molar-refractivity contribution in [2.75, 3.05) is 6.61 Å². The molecule has 0 fully saturated rings. The molecule has 1 N–H and O–H groups in total. The van der Waals surface area contributed by atoms with E-state index < -0.39 is 17.6 Å². The van der Waals surface area contributed by atoms with Gasteiger partial charge in [0.25, 0.3) is 0 Å². The summed E-state index contributed by atoms with van der Waals surface area (Å²) < 4.78 is 49.2. The third-order valence-corrected chi connectivity index (χ3v) is 1.76. The van der Waals surface area contributed by atoms with Crippen molar-refractivity contribution in [3.63, 3.8) is 0 Å². The van der Waals surface area contributed by atoms with Gasteiger partial charge in [0.05, 0.1) is 5.56 Å². The quantitative estimate of drug-likeness (QED) is 0.740. The summed E-state index contributed by atoms with van der Waals surface area (Å²) in [6.45, 7) is -0.289. The number of hydrogen-bond donors (Lipinski definition) is 1. The lowest BCUT2D eigenvalue weighted by atomic mass is 10.1. The van der Waals surface area contributed by atoms with Gasteiger partial charge >= 0.3 is 6.18 Å². The molecule has 0 aromatic heterocycles. The zero-order chi connectivity index (χ0) is 10.8. The van der Waals surface area contributed by atoms with Crippen LogP contribution in [-0.4, -0.2) is 11.7 Å². The topological polar surface area (TPSA) is 20.2 Å². The summed E-state index contributed by atoms with van der Waals surface area (Å²) >= 11 is 0. The van der Waals surface area contributed by atoms with Gasteiger partial charge in [-0.2, -0.15) is 13.2 Å². The Hall–Kier alpha value is -1.10. The Morgan fingerprint density at radius 1 is 1.21 bits per heavy atom. The van der Waals surface area contributed by atoms with E-state index in [-0.39, 0.29) is 18.6 Å². The maximum Gasteiger partial charge on any atom is 0.416 e. The highest BCUT2D eigenvalue weighted by molar-refractivity contribution is 5.26. The fourth-order valence-electron chi connectivity index (χ4n) is 1.05. The van der Waals surface area contributed by atoms with E-state index in [0.29, 0.717) is 6.07 Å². The van der Waals surface area contributed by atoms with Crippen molar-refractivity contribution >= 4 is 0 Å². The van der Waals surface area contributed by atoms with Gasteiger partial charge < -0.3 is 5.11 Å². The highest BCUT2D eigenvalue weighted by atomic mass is 19.4. The zero-order valence-corrected chi connectivity index (χ0v) is 7.11. The summed E-state index contributed by atoms with van der Waals surface area (Å²) in [6.07, 6.45) is -4.51. The Bertz CT molecular complexity index is 319. The number of hydrogen-bond acceptors (Lipinski definition) is 1. The lowest BCUT2D eigenvalue weighted by Gasteiger charge is -2.08. The molecule has 14 heavy (non-hydrogen) atoms. The first-order chi connectivity index (χ1) is 6.45. The van der Waals surface area contributed by atoms with Gasteiger partial charge in [-0.1, -0.05) is 6.07 Å². The molecular formula is C9H8F4O. The third-order valence-electron chi connectivity index (χ3n) is 1.76. The molecule has 0 aliphatic heterocycles. The molecule has 5 heteroatoms. The van der Waals surface area contributed by atoms with Gasteiger partial charge in [-0.05, 0) is 24.1 Å². The van der Waals surface area contributed by atoms with Crippen LogP contribution in [0.4, 0.5) is 17.6 Å². The van der Waals surface area contributed by atoms with Crippen molar-refractivity contribution in [2.24, 2.45) is 0 Å². The normalized spacial score (nSPS) is 11.8. The SMILES string of the molecule is OCCc1ccc(C(F)(F)F)cc1F. The Balaban J connectivity index is 3.01. The largest absolute Gasteiger partial charge is 0.416 e. The molecule has 0 saturated carbocycles. The van der Waals surface area contributed by atoms with Gasteiger partial charge in [-0.15, -0.1) is 0 Å². The lowest BCUT2D eigenvalue weighted by Crippen LogP contribution is -2.06. The van der Waals surface area contributed by atoms with E-state index >= 15 is 0 Å². The summed E-state index contributed by atoms with van der Waals surface area (Å²) in [5.74, 6) is -0.936. The van der Waals surface area contributed by atoms with Crippen LogP contribution in [0, 0.1) is 5.82 Å². The summed E-state index contributed by atoms with van der Waals surface area (Å²) in [7, 11) is 0. The van der Waals surface area contributed by atoms with E-state index in [0.717, 1.165) is 12.1 Å². The van der Waals surface area contributed by atoms with Crippen LogP contribution in [0.5, 0.6) is 0 Å². The molecule has 0 bridgehead atoms. The van der Waals surface area contributed by atoms with E-state index in [1.807, 2.05) is 0 Å². The van der Waals surface area contributed by atoms with Crippen LogP contribution in [0.25, 0.3) is 0 Å². The number of rotatable bonds is 2. The second-order valence-corrected chi connectivity index (χ2v) is 2.78. The molecule has 1 rings (SSSR count). The van der Waals surface area contributed by atoms with E-state index in [4.69, 9.17) is 5.11 Å². The minimum Gasteiger partial charge on any atom is -0.396 e. The minimum atomic E-state index is -4.53. The standard InChI is InChI=1S/C9H8F4O/c10-8-5-7(9(11,12)13)2-1-6(8)3-4-14/h1-2,5,14H,3-4H2. The lowest BCUT2D eigenvalue weighted by molar-refractivity contribution is -0.137. The van der Waals surface area contributed by atoms with E-state index in [2.05, 4.69) is 0 Å². The Morgan fingerprint density at radius 2 is 1.86 bits per heavy atom. The summed E-state index contributed by atoms with van der Waals surface area (Å²) in [5.41, 5.74) is -0.933. The first-order valence-corrected chi connectivity index (χ1v) is 3.91. The molecule has 0 unspecified atom stereocenters. The number of halogens is 4. The highest BCUT2D eigenvalue weighted by Crippen LogP contribution is 2.30. The average Bonchev–Trinajstić information content (AvgIpc) is 2.07. The monoisotopic (exact) mass is 208 g/mol. The van der Waals surface area contributed by atoms with Gasteiger partial charge in [0, 0.05) is 6.61 Å². The van der Waals surface area contributed by atoms with E-state index in [1.54, 1.807) is 0 Å². The highest BCUT2D eigenvalue weighted by Gasteiger charge is 2.30. The van der Waals surface area contributed by atoms with Crippen LogP contribution in [0.1, 0.15) is 11.1 Å². The van der Waals surface area contributed by atoms with Crippen molar-refractivity contribution in [3.8, 4) is 0 Å². The van der Waals surface area contributed by atoms with Gasteiger partial charge in [-0.25, -0.2) is 4.39 Å². The predicted molar refractivity (Wildman–Crippen MR) is 42.2 cm³/mol. The molecule has 78 valence electrons. The van der Waals surface area contributed by atoms with Crippen LogP contribution < -0.4 is 0 Å². The van der Waals surface area contributed by atoms with Crippen LogP contribution in [0.2, 0.25) is 0 Å². The number of benzene rings is 1. The Labute approximate surface area is 78.0 Å². The zero-order valence-electron chi connectivity index (χ0n) is 7.11. The van der Waals surface area contributed by atoms with Gasteiger partial charge in [0.2, 0.25) is 0 Å². The molecule has 0 aliphatic rings. The van der Waals surface area contributed by atoms with Crippen LogP contribution in [0.15, 0.2) is 18.2 Å². The average molecular weight is 208 g/mol. The third kappa shape index (κ3) is 2.45. The minimum absolute atomic E-state index is 0.0178. The Kier molecular flexibility index (Phi) is 3.10. The summed E-state index contributed by atoms with van der Waals surface area (Å²) in [4.78, 5) is 0. The van der Waals surface area contributed by atoms with Crippen LogP contribution in [0.3, 0.4) is 0 Å². The Morgan fingerprint density at radius 3 is 2.29 bits per heavy atom. The smallest absolute Gasteiger partial charge is 0.396 e. The molecule has 1 nitrogen and oxygen atoms in total. The summed E-state index contributed by atoms with van der Waals surface area (Å²) in [6, 6.07) is 2.27. The molecule has 1 aromatic carbocycles. The molecule has 0 radical (unpaired) electrons. The summed E-state index contributed by atoms with van der Waals surface area (Å²) in [5, 5.41) is 8.48. The van der Waals surface area contributed by atoms with E-state index in [1.165, 1.54) is 0 Å². The fourth-order valence-corrected chi connectivity index (χ4v) is 1.05. The van der Waals surface area contributed by atoms with Gasteiger partial charge in [0.1, 0.15) is 5.82 Å². The van der Waals surface area contributed by atoms with Crippen molar-refractivity contribution < 1.29 is 22.7 Å². The maximum absolute atomic E-state index is 13.0. The molecule has 0 atom stereocenters. The van der Waals surface area contributed by atoms with E-state index in [9.17, 15) is 17.6 Å². The van der Waals surface area contributed by atoms with Crippen LogP contribution in [-0.2, 0) is 12.6 Å². The van der Waals surface area contributed by atoms with Gasteiger partial charge in [-0.3, -0.25) is 0 Å². The van der Waals surface area contributed by atoms with Crippen molar-refractivity contribution in [3.05, 3.63) is 35.1 Å². The van der Waals surface area contributed by atoms with Crippen molar-refractivity contribution in [2.45, 2.75) is 12.6 Å². The number of aliphatic hydroxyl groups excluding tert-OH is 1. The molecule has 0 heterocycles. The molecule has 0 saturated heterocycles. The molecule has 0 aliphatic carbocycles. The fraction of sp³-hybridized carbons (Fsp3) is 0.333. The second-order valence-electron chi connectivity index (χ2n) is 2.78. The number of alkyl halides is 3. The predicted octanol–water partition coefficient (Wildman–Crippen LogP) is 2.38. The maximum atomic E-state index is 13.0. The molecule has 0 amide bonds. The molecule has 1 aromatic rings. The van der Waals surface area contributed by atoms with Crippen LogP contribution >= 0.6 is 0 Å². The van der Waals surface area contributed by atoms with Crippen molar-refractivity contribution in [1.29, 1.82) is 0 Å². The number of aliphatic hydroxyl groups is 1. The second kappa shape index (κ2) is 3.96. The molecule has 0 spiro atoms. The van der Waals surface area contributed by atoms with Gasteiger partial charge in [0.15, 0.2) is 0 Å². The first kappa shape index (κ1) is 11.0. The molecular weight excluding hydrogens is 200 g/mol. The van der Waals surface area contributed by atoms with Crippen molar-refractivity contribution in [1.82, 2.24) is 0 Å².